The average molecular weight is 690 g/mol. The van der Waals surface area contributed by atoms with E-state index >= 15 is 0 Å². The summed E-state index contributed by atoms with van der Waals surface area (Å²) in [5.41, 5.74) is 13.1. The number of benzene rings is 7. The van der Waals surface area contributed by atoms with Gasteiger partial charge in [0.05, 0.1) is 27.6 Å². The second-order valence-corrected chi connectivity index (χ2v) is 14.3. The van der Waals surface area contributed by atoms with Gasteiger partial charge in [0.2, 0.25) is 0 Å². The number of allylic oxidation sites excluding steroid dienone is 4. The molecule has 54 heavy (non-hydrogen) atoms. The predicted octanol–water partition coefficient (Wildman–Crippen LogP) is 13.2. The highest BCUT2D eigenvalue weighted by molar-refractivity contribution is 6.13. The van der Waals surface area contributed by atoms with Gasteiger partial charge in [0.1, 0.15) is 5.82 Å². The summed E-state index contributed by atoms with van der Waals surface area (Å²) in [5, 5.41) is 6.11. The van der Waals surface area contributed by atoms with Crippen LogP contribution in [0.5, 0.6) is 0 Å². The first kappa shape index (κ1) is 30.6. The quantitative estimate of drug-likeness (QED) is 0.176. The molecule has 0 amide bonds. The Kier molecular flexibility index (Phi) is 6.99. The number of fused-ring (bicyclic) bond motifs is 7. The number of hydrogen-bond donors (Lipinski definition) is 0. The number of rotatable bonds is 5. The van der Waals surface area contributed by atoms with Crippen LogP contribution in [0.4, 0.5) is 0 Å². The van der Waals surface area contributed by atoms with Crippen LogP contribution in [0.2, 0.25) is 0 Å². The van der Waals surface area contributed by atoms with Crippen molar-refractivity contribution >= 4 is 60.1 Å². The fourth-order valence-electron chi connectivity index (χ4n) is 8.72. The molecule has 1 atom stereocenters. The molecule has 0 bridgehead atoms. The lowest BCUT2D eigenvalue weighted by molar-refractivity contribution is 0.857. The van der Waals surface area contributed by atoms with Gasteiger partial charge in [-0.3, -0.25) is 4.57 Å². The Bertz CT molecular complexity index is 3120. The Labute approximate surface area is 313 Å². The number of aromatic nitrogens is 3. The van der Waals surface area contributed by atoms with E-state index in [0.29, 0.717) is 5.92 Å². The molecule has 3 aromatic heterocycles. The topological polar surface area (TPSA) is 22.8 Å². The number of pyridine rings is 1. The zero-order valence-electron chi connectivity index (χ0n) is 29.6. The maximum absolute atomic E-state index is 5.33. The molecule has 3 heteroatoms. The fraction of sp³-hybridized carbons (Fsp3) is 0.0392. The van der Waals surface area contributed by atoms with Gasteiger partial charge < -0.3 is 4.57 Å². The Hall–Kier alpha value is -6.97. The number of nitrogens with zero attached hydrogens (tertiary/aromatic N) is 3. The number of para-hydroxylation sites is 4. The minimum atomic E-state index is 0.336. The molecule has 10 aromatic rings. The van der Waals surface area contributed by atoms with Gasteiger partial charge in [-0.25, -0.2) is 4.98 Å². The summed E-state index contributed by atoms with van der Waals surface area (Å²) in [7, 11) is 0. The van der Waals surface area contributed by atoms with E-state index in [-0.39, 0.29) is 0 Å². The zero-order chi connectivity index (χ0) is 35.6. The highest BCUT2D eigenvalue weighted by Crippen LogP contribution is 2.40. The summed E-state index contributed by atoms with van der Waals surface area (Å²) in [4.78, 5) is 5.33. The summed E-state index contributed by atoms with van der Waals surface area (Å²) in [6.07, 6.45) is 8.05. The zero-order valence-corrected chi connectivity index (χ0v) is 29.6. The predicted molar refractivity (Wildman–Crippen MR) is 227 cm³/mol. The molecule has 1 aliphatic carbocycles. The summed E-state index contributed by atoms with van der Waals surface area (Å²) in [6.45, 7) is 0. The van der Waals surface area contributed by atoms with E-state index in [1.165, 1.54) is 66.1 Å². The normalized spacial score (nSPS) is 14.4. The Morgan fingerprint density at radius 3 is 1.72 bits per heavy atom. The molecule has 1 aliphatic rings. The van der Waals surface area contributed by atoms with Crippen molar-refractivity contribution < 1.29 is 0 Å². The van der Waals surface area contributed by atoms with Crippen molar-refractivity contribution in [2.75, 3.05) is 0 Å². The van der Waals surface area contributed by atoms with Crippen LogP contribution in [0.3, 0.4) is 0 Å². The van der Waals surface area contributed by atoms with E-state index in [2.05, 4.69) is 203 Å². The Morgan fingerprint density at radius 2 is 1.02 bits per heavy atom. The minimum Gasteiger partial charge on any atom is -0.309 e. The van der Waals surface area contributed by atoms with Gasteiger partial charge in [0, 0.05) is 38.5 Å². The second kappa shape index (κ2) is 12.3. The summed E-state index contributed by atoms with van der Waals surface area (Å²) in [5.74, 6) is 1.26. The number of hydrogen-bond acceptors (Lipinski definition) is 1. The van der Waals surface area contributed by atoms with Crippen molar-refractivity contribution in [1.82, 2.24) is 14.1 Å². The van der Waals surface area contributed by atoms with E-state index in [0.717, 1.165) is 34.2 Å². The summed E-state index contributed by atoms with van der Waals surface area (Å²) >= 11 is 0. The maximum atomic E-state index is 5.33. The van der Waals surface area contributed by atoms with Crippen molar-refractivity contribution in [3.63, 3.8) is 0 Å². The third-order valence-corrected chi connectivity index (χ3v) is 11.2. The van der Waals surface area contributed by atoms with Crippen LogP contribution >= 0.6 is 0 Å². The van der Waals surface area contributed by atoms with Crippen LogP contribution in [0.1, 0.15) is 23.5 Å². The van der Waals surface area contributed by atoms with Crippen molar-refractivity contribution in [3.05, 3.63) is 205 Å². The van der Waals surface area contributed by atoms with Crippen LogP contribution < -0.4 is 0 Å². The molecule has 3 heterocycles. The molecule has 0 N–H and O–H groups in total. The van der Waals surface area contributed by atoms with Gasteiger partial charge in [-0.2, -0.15) is 0 Å². The largest absolute Gasteiger partial charge is 0.309 e. The third-order valence-electron chi connectivity index (χ3n) is 11.2. The first-order valence-corrected chi connectivity index (χ1v) is 18.7. The van der Waals surface area contributed by atoms with Gasteiger partial charge >= 0.3 is 0 Å². The van der Waals surface area contributed by atoms with E-state index in [1.807, 2.05) is 0 Å². The molecule has 0 aliphatic heterocycles. The Morgan fingerprint density at radius 1 is 0.463 bits per heavy atom. The van der Waals surface area contributed by atoms with E-state index in [9.17, 15) is 0 Å². The van der Waals surface area contributed by atoms with Crippen LogP contribution in [-0.4, -0.2) is 14.1 Å². The highest BCUT2D eigenvalue weighted by atomic mass is 15.1. The molecule has 0 radical (unpaired) electrons. The van der Waals surface area contributed by atoms with E-state index in [4.69, 9.17) is 4.98 Å². The SMILES string of the molecule is C1=CC(c2cc(-n3c4ccccc4c4cc(-c5ccc6c(c5)c5ccccc5n6-c5ccccc5)ccc43)nc3ccccc23)=CC(c2ccccc2)C1. The van der Waals surface area contributed by atoms with Gasteiger partial charge in [-0.1, -0.05) is 133 Å². The van der Waals surface area contributed by atoms with Crippen LogP contribution in [0.15, 0.2) is 194 Å². The molecule has 0 saturated heterocycles. The summed E-state index contributed by atoms with van der Waals surface area (Å²) in [6, 6.07) is 63.6. The van der Waals surface area contributed by atoms with Crippen molar-refractivity contribution in [2.24, 2.45) is 0 Å². The average Bonchev–Trinajstić information content (AvgIpc) is 3.76. The third kappa shape index (κ3) is 4.86. The molecule has 1 unspecified atom stereocenters. The van der Waals surface area contributed by atoms with Gasteiger partial charge in [-0.05, 0) is 94.9 Å². The minimum absolute atomic E-state index is 0.336. The van der Waals surface area contributed by atoms with E-state index < -0.39 is 0 Å². The van der Waals surface area contributed by atoms with Crippen LogP contribution in [0, 0.1) is 0 Å². The Balaban J connectivity index is 1.08. The highest BCUT2D eigenvalue weighted by Gasteiger charge is 2.20. The molecule has 254 valence electrons. The molecular formula is C51H35N3. The molecule has 11 rings (SSSR count). The lowest BCUT2D eigenvalue weighted by Gasteiger charge is -2.19. The molecule has 0 spiro atoms. The van der Waals surface area contributed by atoms with Crippen molar-refractivity contribution in [3.8, 4) is 22.6 Å². The molecule has 0 fully saturated rings. The van der Waals surface area contributed by atoms with Crippen molar-refractivity contribution in [2.45, 2.75) is 12.3 Å². The standard InChI is InChI=1S/C51H35N3/c1-3-14-34(15-4-1)35-16-13-17-38(30-35)43-33-51(52-46-23-10-7-20-40(43)46)54-48-25-12-9-22-42(48)45-32-37(27-29-50(45)54)36-26-28-49-44(31-36)41-21-8-11-24-47(41)53(49)39-18-5-2-6-19-39/h1-15,17-33,35H,16H2. The second-order valence-electron chi connectivity index (χ2n) is 14.3. The van der Waals surface area contributed by atoms with Gasteiger partial charge in [-0.15, -0.1) is 0 Å². The lowest BCUT2D eigenvalue weighted by atomic mass is 9.87. The van der Waals surface area contributed by atoms with Crippen LogP contribution in [0.25, 0.3) is 82.7 Å². The smallest absolute Gasteiger partial charge is 0.138 e. The molecule has 7 aromatic carbocycles. The fourth-order valence-corrected chi connectivity index (χ4v) is 8.72. The van der Waals surface area contributed by atoms with Gasteiger partial charge in [0.15, 0.2) is 0 Å². The monoisotopic (exact) mass is 689 g/mol. The van der Waals surface area contributed by atoms with E-state index in [1.54, 1.807) is 0 Å². The van der Waals surface area contributed by atoms with Crippen molar-refractivity contribution in [1.29, 1.82) is 0 Å². The summed E-state index contributed by atoms with van der Waals surface area (Å²) < 4.78 is 4.72. The first-order valence-electron chi connectivity index (χ1n) is 18.7. The van der Waals surface area contributed by atoms with Crippen LogP contribution in [-0.2, 0) is 0 Å². The lowest BCUT2D eigenvalue weighted by Crippen LogP contribution is -2.03. The molecule has 3 nitrogen and oxygen atoms in total. The molecular weight excluding hydrogens is 655 g/mol. The first-order chi connectivity index (χ1) is 26.8. The maximum Gasteiger partial charge on any atom is 0.138 e. The van der Waals surface area contributed by atoms with Gasteiger partial charge in [0.25, 0.3) is 0 Å². The molecule has 0 saturated carbocycles.